The minimum Gasteiger partial charge on any atom is -0.425 e. The lowest BCUT2D eigenvalue weighted by Gasteiger charge is -2.24. The first-order chi connectivity index (χ1) is 12.4. The maximum absolute atomic E-state index is 12.3. The van der Waals surface area contributed by atoms with Gasteiger partial charge in [0, 0.05) is 17.7 Å². The van der Waals surface area contributed by atoms with Gasteiger partial charge in [-0.3, -0.25) is 14.4 Å². The van der Waals surface area contributed by atoms with Crippen molar-refractivity contribution >= 4 is 34.1 Å². The fraction of sp³-hybridized carbons (Fsp3) is 0.421. The van der Waals surface area contributed by atoms with Crippen molar-refractivity contribution in [3.05, 3.63) is 33.7 Å². The van der Waals surface area contributed by atoms with Crippen LogP contribution >= 0.6 is 0 Å². The number of carbonyl (C=O) groups excluding carboxylic acids is 3. The summed E-state index contributed by atoms with van der Waals surface area (Å²) in [5.74, 6) is -0.863. The summed E-state index contributed by atoms with van der Waals surface area (Å²) < 4.78 is 32.0. The molecule has 2 heterocycles. The zero-order valence-corrected chi connectivity index (χ0v) is 16.4. The molecule has 1 aromatic carbocycles. The number of fused-ring (bicyclic) bond motifs is 1. The summed E-state index contributed by atoms with van der Waals surface area (Å²) >= 11 is 0. The summed E-state index contributed by atoms with van der Waals surface area (Å²) in [6.45, 7) is 6.87. The van der Waals surface area contributed by atoms with Gasteiger partial charge in [0.1, 0.15) is 5.75 Å². The van der Waals surface area contributed by atoms with Crippen molar-refractivity contribution in [2.24, 2.45) is 0 Å². The monoisotopic (exact) mass is 391 g/mol. The van der Waals surface area contributed by atoms with Gasteiger partial charge in [0.25, 0.3) is 0 Å². The first-order valence-electron chi connectivity index (χ1n) is 8.52. The number of Topliss-reactive ketones (excluding diaryl/α,β-unsaturated/α-hetero) is 1. The van der Waals surface area contributed by atoms with E-state index in [0.29, 0.717) is 29.7 Å². The van der Waals surface area contributed by atoms with Gasteiger partial charge in [-0.05, 0) is 57.9 Å². The van der Waals surface area contributed by atoms with Crippen LogP contribution in [0.25, 0.3) is 6.08 Å². The molecule has 0 spiro atoms. The number of sulfonamides is 1. The number of esters is 1. The topological polar surface area (TPSA) is 107 Å². The molecule has 1 aromatic rings. The van der Waals surface area contributed by atoms with Gasteiger partial charge in [0.2, 0.25) is 15.8 Å². The van der Waals surface area contributed by atoms with Crippen molar-refractivity contribution in [3.8, 4) is 5.75 Å². The lowest BCUT2D eigenvalue weighted by molar-refractivity contribution is -0.137. The number of hydrogen-bond acceptors (Lipinski definition) is 6. The van der Waals surface area contributed by atoms with Crippen LogP contribution in [0.2, 0.25) is 0 Å². The second-order valence-electron chi connectivity index (χ2n) is 7.83. The molecule has 27 heavy (non-hydrogen) atoms. The smallest absolute Gasteiger partial charge is 0.321 e. The van der Waals surface area contributed by atoms with E-state index in [9.17, 15) is 22.8 Å². The average Bonchev–Trinajstić information content (AvgIpc) is 3.03. The maximum Gasteiger partial charge on any atom is 0.321 e. The predicted molar refractivity (Wildman–Crippen MR) is 98.7 cm³/mol. The van der Waals surface area contributed by atoms with Crippen molar-refractivity contribution in [3.63, 3.8) is 0 Å². The Morgan fingerprint density at radius 3 is 2.52 bits per heavy atom. The lowest BCUT2D eigenvalue weighted by atomic mass is 9.76. The Labute approximate surface area is 157 Å². The van der Waals surface area contributed by atoms with Crippen LogP contribution in [-0.2, 0) is 35.2 Å². The van der Waals surface area contributed by atoms with E-state index in [0.717, 1.165) is 0 Å². The third kappa shape index (κ3) is 3.02. The molecule has 0 aromatic heterocycles. The lowest BCUT2D eigenvalue weighted by Crippen LogP contribution is -2.30. The van der Waals surface area contributed by atoms with Crippen molar-refractivity contribution < 1.29 is 27.5 Å². The van der Waals surface area contributed by atoms with Gasteiger partial charge in [0.05, 0.1) is 15.7 Å². The molecule has 0 radical (unpaired) electrons. The molecule has 2 aliphatic rings. The van der Waals surface area contributed by atoms with Gasteiger partial charge < -0.3 is 4.74 Å². The van der Waals surface area contributed by atoms with E-state index in [1.807, 2.05) is 0 Å². The first-order valence-corrected chi connectivity index (χ1v) is 10.0. The Balaban J connectivity index is 2.28. The zero-order valence-electron chi connectivity index (χ0n) is 15.6. The molecule has 2 aliphatic heterocycles. The van der Waals surface area contributed by atoms with E-state index in [1.165, 1.54) is 6.08 Å². The number of nitrogens with one attached hydrogen (secondary N) is 1. The second kappa shape index (κ2) is 6.10. The number of rotatable bonds is 4. The quantitative estimate of drug-likeness (QED) is 0.362. The summed E-state index contributed by atoms with van der Waals surface area (Å²) in [7, 11) is -3.52. The number of benzene rings is 1. The van der Waals surface area contributed by atoms with Crippen molar-refractivity contribution in [1.82, 2.24) is 4.72 Å². The molecule has 0 atom stereocenters. The molecule has 1 N–H and O–H groups in total. The summed E-state index contributed by atoms with van der Waals surface area (Å²) in [5, 5.41) is 0. The van der Waals surface area contributed by atoms with Crippen LogP contribution in [0.5, 0.6) is 5.75 Å². The molecule has 0 saturated carbocycles. The summed E-state index contributed by atoms with van der Waals surface area (Å²) in [6.07, 6.45) is 2.12. The van der Waals surface area contributed by atoms with Gasteiger partial charge in [0.15, 0.2) is 6.29 Å². The maximum atomic E-state index is 12.3. The summed E-state index contributed by atoms with van der Waals surface area (Å²) in [4.78, 5) is 35.9. The van der Waals surface area contributed by atoms with Crippen LogP contribution in [0.1, 0.15) is 50.8 Å². The van der Waals surface area contributed by atoms with E-state index in [1.54, 1.807) is 39.8 Å². The Kier molecular flexibility index (Phi) is 4.39. The highest BCUT2D eigenvalue weighted by molar-refractivity contribution is 7.93. The van der Waals surface area contributed by atoms with Crippen LogP contribution in [-0.4, -0.2) is 33.0 Å². The van der Waals surface area contributed by atoms with E-state index in [-0.39, 0.29) is 16.9 Å². The van der Waals surface area contributed by atoms with Crippen molar-refractivity contribution in [2.75, 3.05) is 6.54 Å². The molecule has 0 bridgehead atoms. The van der Waals surface area contributed by atoms with Gasteiger partial charge in [-0.2, -0.15) is 0 Å². The molecule has 0 amide bonds. The Bertz CT molecular complexity index is 1000. The second-order valence-corrected chi connectivity index (χ2v) is 9.65. The molecule has 0 aliphatic carbocycles. The van der Waals surface area contributed by atoms with Crippen LogP contribution in [0, 0.1) is 0 Å². The Morgan fingerprint density at radius 2 is 1.96 bits per heavy atom. The molecule has 3 rings (SSSR count). The zero-order chi connectivity index (χ0) is 20.2. The van der Waals surface area contributed by atoms with Gasteiger partial charge in [-0.25, -0.2) is 13.1 Å². The molecule has 1 fully saturated rings. The number of aldehydes is 1. The van der Waals surface area contributed by atoms with Gasteiger partial charge >= 0.3 is 5.97 Å². The van der Waals surface area contributed by atoms with Crippen LogP contribution in [0.3, 0.4) is 0 Å². The van der Waals surface area contributed by atoms with E-state index in [2.05, 4.69) is 4.72 Å². The van der Waals surface area contributed by atoms with Crippen molar-refractivity contribution in [1.29, 1.82) is 0 Å². The highest BCUT2D eigenvalue weighted by atomic mass is 32.2. The largest absolute Gasteiger partial charge is 0.425 e. The van der Waals surface area contributed by atoms with E-state index < -0.39 is 32.6 Å². The number of ketones is 1. The van der Waals surface area contributed by atoms with Crippen LogP contribution in [0.15, 0.2) is 17.0 Å². The number of hydrogen-bond donors (Lipinski definition) is 1. The van der Waals surface area contributed by atoms with Gasteiger partial charge in [-0.1, -0.05) is 0 Å². The summed E-state index contributed by atoms with van der Waals surface area (Å²) in [6, 6.07) is 3.31. The third-order valence-corrected chi connectivity index (χ3v) is 6.82. The highest BCUT2D eigenvalue weighted by Crippen LogP contribution is 2.46. The standard InChI is InChI=1S/C19H21NO6S/c1-18(2,15(22)10-21)13-8-11(7-12-5-6-20-27(12,24)25)9-14-16(13)26-17(23)19(14,3)4/h7-10,20H,5-6H2,1-4H3/b12-7+. The highest BCUT2D eigenvalue weighted by Gasteiger charge is 2.45. The number of carbonyl (C=O) groups is 3. The predicted octanol–water partition coefficient (Wildman–Crippen LogP) is 1.59. The fourth-order valence-corrected chi connectivity index (χ4v) is 4.47. The molecular weight excluding hydrogens is 370 g/mol. The third-order valence-electron chi connectivity index (χ3n) is 5.22. The molecular formula is C19H21NO6S. The van der Waals surface area contributed by atoms with E-state index in [4.69, 9.17) is 4.74 Å². The Morgan fingerprint density at radius 1 is 1.30 bits per heavy atom. The molecule has 1 saturated heterocycles. The molecule has 8 heteroatoms. The Hall–Kier alpha value is -2.32. The first kappa shape index (κ1) is 19.4. The fourth-order valence-electron chi connectivity index (χ4n) is 3.25. The van der Waals surface area contributed by atoms with Crippen LogP contribution < -0.4 is 9.46 Å². The van der Waals surface area contributed by atoms with Gasteiger partial charge in [-0.15, -0.1) is 0 Å². The SMILES string of the molecule is CC(C)(C(=O)C=O)c1cc(/C=C2\CCNS2(=O)=O)cc2c1OC(=O)C2(C)C. The number of ether oxygens (including phenoxy) is 1. The van der Waals surface area contributed by atoms with Crippen molar-refractivity contribution in [2.45, 2.75) is 44.9 Å². The summed E-state index contributed by atoms with van der Waals surface area (Å²) in [5.41, 5.74) is -0.707. The minimum atomic E-state index is -3.52. The minimum absolute atomic E-state index is 0.232. The molecule has 144 valence electrons. The molecule has 7 nitrogen and oxygen atoms in total. The average molecular weight is 391 g/mol. The molecule has 0 unspecified atom stereocenters. The van der Waals surface area contributed by atoms with Crippen LogP contribution in [0.4, 0.5) is 0 Å². The van der Waals surface area contributed by atoms with E-state index >= 15 is 0 Å². The normalized spacial score (nSPS) is 21.8.